The van der Waals surface area contributed by atoms with Gasteiger partial charge in [0.25, 0.3) is 0 Å². The number of piperidine rings is 1. The molecular weight excluding hydrogens is 258 g/mol. The van der Waals surface area contributed by atoms with E-state index < -0.39 is 12.0 Å². The number of carbonyl (C=O) groups excluding carboxylic acids is 1. The number of likely N-dealkylation sites (tertiary alicyclic amines) is 1. The van der Waals surface area contributed by atoms with Crippen molar-refractivity contribution in [2.45, 2.75) is 32.7 Å². The van der Waals surface area contributed by atoms with Crippen molar-refractivity contribution in [2.75, 3.05) is 11.9 Å². The molecule has 1 aromatic rings. The molecule has 0 aromatic carbocycles. The van der Waals surface area contributed by atoms with E-state index in [4.69, 9.17) is 0 Å². The summed E-state index contributed by atoms with van der Waals surface area (Å²) in [5.74, 6) is -0.630. The number of rotatable bonds is 2. The lowest BCUT2D eigenvalue weighted by Gasteiger charge is -2.35. The third-order valence-electron chi connectivity index (χ3n) is 3.66. The van der Waals surface area contributed by atoms with Gasteiger partial charge in [-0.1, -0.05) is 6.92 Å². The summed E-state index contributed by atoms with van der Waals surface area (Å²) >= 11 is 0. The molecule has 1 aliphatic rings. The Labute approximate surface area is 117 Å². The summed E-state index contributed by atoms with van der Waals surface area (Å²) < 4.78 is 0. The van der Waals surface area contributed by atoms with Crippen molar-refractivity contribution >= 4 is 17.7 Å². The van der Waals surface area contributed by atoms with Gasteiger partial charge in [0.05, 0.1) is 11.4 Å². The van der Waals surface area contributed by atoms with E-state index in [2.05, 4.69) is 10.3 Å². The van der Waals surface area contributed by atoms with Crippen LogP contribution in [0, 0.1) is 12.8 Å². The van der Waals surface area contributed by atoms with Crippen LogP contribution in [0.3, 0.4) is 0 Å². The first-order valence-electron chi connectivity index (χ1n) is 6.71. The topological polar surface area (TPSA) is 82.5 Å². The van der Waals surface area contributed by atoms with Gasteiger partial charge in [0, 0.05) is 12.7 Å². The molecule has 0 aliphatic carbocycles. The SMILES string of the molecule is Cc1ncccc1NC(=O)N1CCC(C)CC1C(=O)O. The summed E-state index contributed by atoms with van der Waals surface area (Å²) in [6, 6.07) is 2.36. The van der Waals surface area contributed by atoms with Crippen LogP contribution in [-0.4, -0.2) is 39.6 Å². The van der Waals surface area contributed by atoms with E-state index >= 15 is 0 Å². The summed E-state index contributed by atoms with van der Waals surface area (Å²) in [6.07, 6.45) is 2.96. The number of carboxylic acid groups (broad SMARTS) is 1. The number of hydrogen-bond donors (Lipinski definition) is 2. The Hall–Kier alpha value is -2.11. The van der Waals surface area contributed by atoms with Gasteiger partial charge in [-0.15, -0.1) is 0 Å². The Morgan fingerprint density at radius 2 is 2.25 bits per heavy atom. The van der Waals surface area contributed by atoms with Gasteiger partial charge in [0.2, 0.25) is 0 Å². The zero-order valence-electron chi connectivity index (χ0n) is 11.7. The van der Waals surface area contributed by atoms with Gasteiger partial charge in [-0.2, -0.15) is 0 Å². The molecule has 2 rings (SSSR count). The largest absolute Gasteiger partial charge is 0.480 e. The van der Waals surface area contributed by atoms with Crippen LogP contribution in [0.1, 0.15) is 25.5 Å². The van der Waals surface area contributed by atoms with Crippen molar-refractivity contribution in [3.63, 3.8) is 0 Å². The number of urea groups is 1. The smallest absolute Gasteiger partial charge is 0.326 e. The average Bonchev–Trinajstić information content (AvgIpc) is 2.41. The van der Waals surface area contributed by atoms with E-state index in [9.17, 15) is 14.7 Å². The molecule has 0 radical (unpaired) electrons. The van der Waals surface area contributed by atoms with Crippen LogP contribution in [0.4, 0.5) is 10.5 Å². The molecule has 0 saturated carbocycles. The second-order valence-electron chi connectivity index (χ2n) is 5.24. The third kappa shape index (κ3) is 3.07. The minimum Gasteiger partial charge on any atom is -0.480 e. The van der Waals surface area contributed by atoms with Crippen molar-refractivity contribution < 1.29 is 14.7 Å². The van der Waals surface area contributed by atoms with Gasteiger partial charge >= 0.3 is 12.0 Å². The van der Waals surface area contributed by atoms with Crippen molar-refractivity contribution in [2.24, 2.45) is 5.92 Å². The molecule has 1 aliphatic heterocycles. The number of carbonyl (C=O) groups is 2. The first kappa shape index (κ1) is 14.3. The Morgan fingerprint density at radius 3 is 2.90 bits per heavy atom. The van der Waals surface area contributed by atoms with E-state index in [-0.39, 0.29) is 6.03 Å². The fraction of sp³-hybridized carbons (Fsp3) is 0.500. The van der Waals surface area contributed by atoms with Gasteiger partial charge < -0.3 is 15.3 Å². The van der Waals surface area contributed by atoms with Gasteiger partial charge in [-0.3, -0.25) is 4.98 Å². The number of aryl methyl sites for hydroxylation is 1. The Balaban J connectivity index is 2.11. The zero-order chi connectivity index (χ0) is 14.7. The number of aliphatic carboxylic acids is 1. The second kappa shape index (κ2) is 5.90. The molecule has 2 heterocycles. The van der Waals surface area contributed by atoms with E-state index in [0.717, 1.165) is 6.42 Å². The number of amides is 2. The minimum absolute atomic E-state index is 0.320. The van der Waals surface area contributed by atoms with Crippen LogP contribution in [-0.2, 0) is 4.79 Å². The number of carboxylic acids is 1. The Morgan fingerprint density at radius 1 is 1.50 bits per heavy atom. The number of hydrogen-bond acceptors (Lipinski definition) is 3. The summed E-state index contributed by atoms with van der Waals surface area (Å²) in [4.78, 5) is 29.1. The molecule has 1 aromatic heterocycles. The molecule has 0 bridgehead atoms. The molecule has 108 valence electrons. The monoisotopic (exact) mass is 277 g/mol. The number of anilines is 1. The Bertz CT molecular complexity index is 518. The predicted octanol–water partition coefficient (Wildman–Crippen LogP) is 2.11. The highest BCUT2D eigenvalue weighted by atomic mass is 16.4. The van der Waals surface area contributed by atoms with Crippen LogP contribution >= 0.6 is 0 Å². The van der Waals surface area contributed by atoms with E-state index in [1.807, 2.05) is 6.92 Å². The standard InChI is InChI=1S/C14H19N3O3/c1-9-5-7-17(12(8-9)13(18)19)14(20)16-11-4-3-6-15-10(11)2/h3-4,6,9,12H,5,7-8H2,1-2H3,(H,16,20)(H,18,19). The lowest BCUT2D eigenvalue weighted by molar-refractivity contribution is -0.143. The number of pyridine rings is 1. The predicted molar refractivity (Wildman–Crippen MR) is 74.5 cm³/mol. The highest BCUT2D eigenvalue weighted by Crippen LogP contribution is 2.23. The highest BCUT2D eigenvalue weighted by molar-refractivity contribution is 5.92. The summed E-state index contributed by atoms with van der Waals surface area (Å²) in [5.41, 5.74) is 1.32. The first-order valence-corrected chi connectivity index (χ1v) is 6.71. The van der Waals surface area contributed by atoms with Crippen molar-refractivity contribution in [1.29, 1.82) is 0 Å². The fourth-order valence-electron chi connectivity index (χ4n) is 2.42. The van der Waals surface area contributed by atoms with Crippen LogP contribution < -0.4 is 5.32 Å². The Kier molecular flexibility index (Phi) is 4.22. The number of nitrogens with zero attached hydrogens (tertiary/aromatic N) is 2. The van der Waals surface area contributed by atoms with Crippen LogP contribution in [0.25, 0.3) is 0 Å². The summed E-state index contributed by atoms with van der Waals surface area (Å²) in [7, 11) is 0. The maximum absolute atomic E-state index is 12.3. The van der Waals surface area contributed by atoms with Crippen LogP contribution in [0.2, 0.25) is 0 Å². The molecule has 2 unspecified atom stereocenters. The van der Waals surface area contributed by atoms with Gasteiger partial charge in [0.1, 0.15) is 6.04 Å². The average molecular weight is 277 g/mol. The molecule has 0 spiro atoms. The molecule has 2 amide bonds. The number of nitrogens with one attached hydrogen (secondary N) is 1. The second-order valence-corrected chi connectivity index (χ2v) is 5.24. The van der Waals surface area contributed by atoms with Gasteiger partial charge in [-0.05, 0) is 37.8 Å². The zero-order valence-corrected chi connectivity index (χ0v) is 11.7. The molecular formula is C14H19N3O3. The van der Waals surface area contributed by atoms with Crippen LogP contribution in [0.5, 0.6) is 0 Å². The van der Waals surface area contributed by atoms with E-state index in [0.29, 0.717) is 30.3 Å². The molecule has 20 heavy (non-hydrogen) atoms. The van der Waals surface area contributed by atoms with E-state index in [1.165, 1.54) is 4.90 Å². The first-order chi connectivity index (χ1) is 9.49. The summed E-state index contributed by atoms with van der Waals surface area (Å²) in [5, 5.41) is 12.0. The molecule has 6 heteroatoms. The molecule has 1 fully saturated rings. The summed E-state index contributed by atoms with van der Waals surface area (Å²) in [6.45, 7) is 4.27. The maximum Gasteiger partial charge on any atom is 0.326 e. The third-order valence-corrected chi connectivity index (χ3v) is 3.66. The number of aromatic nitrogens is 1. The lowest BCUT2D eigenvalue weighted by atomic mass is 9.93. The highest BCUT2D eigenvalue weighted by Gasteiger charge is 2.34. The van der Waals surface area contributed by atoms with Crippen molar-refractivity contribution in [1.82, 2.24) is 9.88 Å². The quantitative estimate of drug-likeness (QED) is 0.867. The van der Waals surface area contributed by atoms with Crippen molar-refractivity contribution in [3.05, 3.63) is 24.0 Å². The van der Waals surface area contributed by atoms with Gasteiger partial charge in [-0.25, -0.2) is 9.59 Å². The normalized spacial score (nSPS) is 22.4. The van der Waals surface area contributed by atoms with Crippen LogP contribution in [0.15, 0.2) is 18.3 Å². The molecule has 2 N–H and O–H groups in total. The maximum atomic E-state index is 12.3. The van der Waals surface area contributed by atoms with Gasteiger partial charge in [0.15, 0.2) is 0 Å². The fourth-order valence-corrected chi connectivity index (χ4v) is 2.42. The molecule has 1 saturated heterocycles. The van der Waals surface area contributed by atoms with E-state index in [1.54, 1.807) is 25.3 Å². The van der Waals surface area contributed by atoms with Crippen molar-refractivity contribution in [3.8, 4) is 0 Å². The minimum atomic E-state index is -0.949. The molecule has 2 atom stereocenters. The lowest BCUT2D eigenvalue weighted by Crippen LogP contribution is -2.51. The molecule has 6 nitrogen and oxygen atoms in total.